The fourth-order valence-corrected chi connectivity index (χ4v) is 4.69. The Hall–Kier alpha value is -3.84. The second-order valence-electron chi connectivity index (χ2n) is 8.90. The van der Waals surface area contributed by atoms with Crippen LogP contribution in [0, 0.1) is 11.3 Å². The summed E-state index contributed by atoms with van der Waals surface area (Å²) in [5.74, 6) is 0.211. The van der Waals surface area contributed by atoms with Gasteiger partial charge in [-0.1, -0.05) is 60.7 Å². The van der Waals surface area contributed by atoms with Gasteiger partial charge < -0.3 is 19.9 Å². The minimum Gasteiger partial charge on any atom is -0.382 e. The van der Waals surface area contributed by atoms with Crippen LogP contribution in [0.1, 0.15) is 23.7 Å². The molecule has 1 fully saturated rings. The summed E-state index contributed by atoms with van der Waals surface area (Å²) in [6.07, 6.45) is -0.708. The number of aromatic nitrogens is 3. The molecule has 0 radical (unpaired) electrons. The maximum atomic E-state index is 16.9. The lowest BCUT2D eigenvalue weighted by Crippen LogP contribution is -2.49. The Kier molecular flexibility index (Phi) is 6.41. The molecule has 8 nitrogen and oxygen atoms in total. The SMILES string of the molecule is C[C@@]1(F)[C@H](OCc2ccccc2)[C@@H](COCc2ccccc2)OC1(C#N)c1ccc2c(N)ncnn12. The number of hydrogen-bond acceptors (Lipinski definition) is 7. The Labute approximate surface area is 208 Å². The first-order valence-electron chi connectivity index (χ1n) is 11.6. The maximum absolute atomic E-state index is 16.9. The first-order chi connectivity index (χ1) is 17.5. The van der Waals surface area contributed by atoms with Crippen LogP contribution in [0.25, 0.3) is 5.52 Å². The van der Waals surface area contributed by atoms with E-state index in [-0.39, 0.29) is 24.7 Å². The molecule has 0 spiro atoms. The fourth-order valence-electron chi connectivity index (χ4n) is 4.69. The summed E-state index contributed by atoms with van der Waals surface area (Å²) in [5.41, 5.74) is 4.19. The van der Waals surface area contributed by atoms with Crippen LogP contribution in [0.15, 0.2) is 79.1 Å². The van der Waals surface area contributed by atoms with Gasteiger partial charge in [0.2, 0.25) is 5.60 Å². The highest BCUT2D eigenvalue weighted by molar-refractivity contribution is 5.66. The van der Waals surface area contributed by atoms with Gasteiger partial charge in [-0.2, -0.15) is 10.4 Å². The molecular formula is C27H26FN5O3. The van der Waals surface area contributed by atoms with E-state index in [2.05, 4.69) is 16.2 Å². The number of nitriles is 1. The Bertz CT molecular complexity index is 1370. The second-order valence-corrected chi connectivity index (χ2v) is 8.90. The minimum absolute atomic E-state index is 0.0255. The highest BCUT2D eigenvalue weighted by atomic mass is 19.1. The van der Waals surface area contributed by atoms with E-state index >= 15 is 4.39 Å². The van der Waals surface area contributed by atoms with Crippen molar-refractivity contribution in [3.63, 3.8) is 0 Å². The third kappa shape index (κ3) is 4.09. The average molecular weight is 488 g/mol. The highest BCUT2D eigenvalue weighted by Gasteiger charge is 2.68. The zero-order valence-corrected chi connectivity index (χ0v) is 19.8. The second kappa shape index (κ2) is 9.66. The van der Waals surface area contributed by atoms with E-state index in [4.69, 9.17) is 19.9 Å². The first-order valence-corrected chi connectivity index (χ1v) is 11.6. The van der Waals surface area contributed by atoms with Gasteiger partial charge in [0.15, 0.2) is 11.5 Å². The van der Waals surface area contributed by atoms with Gasteiger partial charge in [0.1, 0.15) is 30.1 Å². The number of hydrogen-bond donors (Lipinski definition) is 1. The molecule has 0 aliphatic carbocycles. The fraction of sp³-hybridized carbons (Fsp3) is 0.296. The van der Waals surface area contributed by atoms with Crippen molar-refractivity contribution in [3.8, 4) is 6.07 Å². The first kappa shape index (κ1) is 23.9. The summed E-state index contributed by atoms with van der Waals surface area (Å²) in [6, 6.07) is 24.4. The van der Waals surface area contributed by atoms with Crippen LogP contribution in [0.4, 0.5) is 10.2 Å². The molecule has 4 aromatic rings. The number of alkyl halides is 1. The minimum atomic E-state index is -2.26. The maximum Gasteiger partial charge on any atom is 0.233 e. The van der Waals surface area contributed by atoms with E-state index in [9.17, 15) is 5.26 Å². The Morgan fingerprint density at radius 2 is 1.72 bits per heavy atom. The van der Waals surface area contributed by atoms with Crippen LogP contribution in [0.3, 0.4) is 0 Å². The average Bonchev–Trinajstić information content (AvgIpc) is 3.42. The van der Waals surface area contributed by atoms with Crippen LogP contribution in [-0.4, -0.2) is 39.1 Å². The molecule has 0 saturated carbocycles. The Morgan fingerprint density at radius 3 is 2.39 bits per heavy atom. The normalized spacial score (nSPS) is 25.7. The van der Waals surface area contributed by atoms with Crippen molar-refractivity contribution in [2.24, 2.45) is 0 Å². The van der Waals surface area contributed by atoms with Gasteiger partial charge >= 0.3 is 0 Å². The summed E-state index contributed by atoms with van der Waals surface area (Å²) in [4.78, 5) is 3.98. The third-order valence-corrected chi connectivity index (χ3v) is 6.55. The van der Waals surface area contributed by atoms with Crippen LogP contribution < -0.4 is 5.73 Å². The molecule has 4 atom stereocenters. The summed E-state index contributed by atoms with van der Waals surface area (Å²) in [7, 11) is 0. The molecule has 3 heterocycles. The van der Waals surface area contributed by atoms with Crippen molar-refractivity contribution in [1.82, 2.24) is 14.6 Å². The number of benzene rings is 2. The lowest BCUT2D eigenvalue weighted by atomic mass is 9.81. The predicted molar refractivity (Wildman–Crippen MR) is 130 cm³/mol. The molecule has 0 amide bonds. The number of nitrogen functional groups attached to an aromatic ring is 1. The number of fused-ring (bicyclic) bond motifs is 1. The summed E-state index contributed by atoms with van der Waals surface area (Å²) >= 11 is 0. The molecule has 1 unspecified atom stereocenters. The quantitative estimate of drug-likeness (QED) is 0.401. The summed E-state index contributed by atoms with van der Waals surface area (Å²) < 4.78 is 36.5. The topological polar surface area (TPSA) is 108 Å². The third-order valence-electron chi connectivity index (χ3n) is 6.55. The van der Waals surface area contributed by atoms with Crippen molar-refractivity contribution < 1.29 is 18.6 Å². The van der Waals surface area contributed by atoms with E-state index < -0.39 is 23.5 Å². The largest absolute Gasteiger partial charge is 0.382 e. The predicted octanol–water partition coefficient (Wildman–Crippen LogP) is 3.96. The van der Waals surface area contributed by atoms with Gasteiger partial charge in [0, 0.05) is 0 Å². The standard InChI is InChI=1S/C27H26FN5O3/c1-26(28)24(35-15-20-10-6-3-7-11-20)22(16-34-14-19-8-4-2-5-9-19)36-27(26,17-29)23-13-12-21-25(30)31-18-32-33(21)23/h2-13,18,22,24H,14-16H2,1H3,(H2,30,31,32)/t22-,24-,26-,27?/m1/s1. The summed E-state index contributed by atoms with van der Waals surface area (Å²) in [5, 5.41) is 14.6. The monoisotopic (exact) mass is 487 g/mol. The number of nitrogens with zero attached hydrogens (tertiary/aromatic N) is 4. The lowest BCUT2D eigenvalue weighted by molar-refractivity contribution is -0.0871. The lowest BCUT2D eigenvalue weighted by Gasteiger charge is -2.32. The molecule has 2 N–H and O–H groups in total. The number of anilines is 1. The summed E-state index contributed by atoms with van der Waals surface area (Å²) in [6.45, 7) is 1.81. The van der Waals surface area contributed by atoms with Crippen molar-refractivity contribution in [2.45, 2.75) is 43.6 Å². The van der Waals surface area contributed by atoms with Gasteiger partial charge in [-0.05, 0) is 30.2 Å². The molecule has 1 aliphatic rings. The number of nitrogens with two attached hydrogens (primary N) is 1. The van der Waals surface area contributed by atoms with Crippen molar-refractivity contribution in [2.75, 3.05) is 12.3 Å². The van der Waals surface area contributed by atoms with Gasteiger partial charge in [0.25, 0.3) is 0 Å². The Morgan fingerprint density at radius 1 is 1.06 bits per heavy atom. The number of ether oxygens (including phenoxy) is 3. The van der Waals surface area contributed by atoms with Gasteiger partial charge in [-0.25, -0.2) is 13.9 Å². The van der Waals surface area contributed by atoms with Crippen LogP contribution >= 0.6 is 0 Å². The van der Waals surface area contributed by atoms with Crippen molar-refractivity contribution >= 4 is 11.3 Å². The highest BCUT2D eigenvalue weighted by Crippen LogP contribution is 2.51. The van der Waals surface area contributed by atoms with Crippen LogP contribution in [0.2, 0.25) is 0 Å². The molecule has 9 heteroatoms. The molecule has 2 aromatic heterocycles. The Balaban J connectivity index is 1.48. The van der Waals surface area contributed by atoms with E-state index in [0.29, 0.717) is 12.1 Å². The van der Waals surface area contributed by atoms with Gasteiger partial charge in [-0.3, -0.25) is 0 Å². The van der Waals surface area contributed by atoms with E-state index in [1.807, 2.05) is 60.7 Å². The molecule has 36 heavy (non-hydrogen) atoms. The molecule has 1 saturated heterocycles. The molecular weight excluding hydrogens is 461 g/mol. The van der Waals surface area contributed by atoms with Gasteiger partial charge in [-0.15, -0.1) is 0 Å². The van der Waals surface area contributed by atoms with Crippen molar-refractivity contribution in [1.29, 1.82) is 5.26 Å². The number of halogens is 1. The van der Waals surface area contributed by atoms with E-state index in [0.717, 1.165) is 11.1 Å². The molecule has 2 aromatic carbocycles. The van der Waals surface area contributed by atoms with Gasteiger partial charge in [0.05, 0.1) is 25.5 Å². The molecule has 5 rings (SSSR count). The van der Waals surface area contributed by atoms with E-state index in [1.165, 1.54) is 17.8 Å². The molecule has 184 valence electrons. The van der Waals surface area contributed by atoms with Crippen LogP contribution in [-0.2, 0) is 33.0 Å². The van der Waals surface area contributed by atoms with Crippen LogP contribution in [0.5, 0.6) is 0 Å². The molecule has 0 bridgehead atoms. The zero-order chi connectivity index (χ0) is 25.2. The van der Waals surface area contributed by atoms with Crippen molar-refractivity contribution in [3.05, 3.63) is 95.9 Å². The zero-order valence-electron chi connectivity index (χ0n) is 19.8. The number of rotatable bonds is 8. The molecule has 1 aliphatic heterocycles. The smallest absolute Gasteiger partial charge is 0.233 e. The van der Waals surface area contributed by atoms with E-state index in [1.54, 1.807) is 12.1 Å².